The zero-order chi connectivity index (χ0) is 19.0. The van der Waals surface area contributed by atoms with Crippen LogP contribution in [0.5, 0.6) is 0 Å². The lowest BCUT2D eigenvalue weighted by Gasteiger charge is -2.34. The molecule has 0 aliphatic carbocycles. The number of piperazine rings is 1. The van der Waals surface area contributed by atoms with Crippen LogP contribution in [-0.2, 0) is 13.2 Å². The van der Waals surface area contributed by atoms with Crippen LogP contribution in [0.4, 0.5) is 5.69 Å². The Balaban J connectivity index is 1.41. The van der Waals surface area contributed by atoms with Gasteiger partial charge in [-0.15, -0.1) is 11.3 Å². The van der Waals surface area contributed by atoms with E-state index in [-0.39, 0.29) is 5.69 Å². The van der Waals surface area contributed by atoms with Crippen LogP contribution in [0.25, 0.3) is 11.0 Å². The number of hydrogen-bond donors (Lipinski definition) is 0. The smallest absolute Gasteiger partial charge is 0.288 e. The molecule has 27 heavy (non-hydrogen) atoms. The number of nitro groups is 1. The SMILES string of the molecule is Cc1nn(CN2CCN(Cc3ccc(Cl)s3)CC2)c2ncc([N+](=O)[O-])cc12. The van der Waals surface area contributed by atoms with Gasteiger partial charge < -0.3 is 0 Å². The van der Waals surface area contributed by atoms with E-state index in [0.29, 0.717) is 12.3 Å². The molecule has 0 saturated carbocycles. The number of pyridine rings is 1. The lowest BCUT2D eigenvalue weighted by molar-refractivity contribution is -0.385. The number of halogens is 1. The molecule has 0 radical (unpaired) electrons. The predicted molar refractivity (Wildman–Crippen MR) is 105 cm³/mol. The van der Waals surface area contributed by atoms with E-state index in [0.717, 1.165) is 48.1 Å². The third kappa shape index (κ3) is 3.96. The maximum Gasteiger partial charge on any atom is 0.288 e. The molecule has 1 fully saturated rings. The Morgan fingerprint density at radius 3 is 2.67 bits per heavy atom. The highest BCUT2D eigenvalue weighted by Gasteiger charge is 2.20. The van der Waals surface area contributed by atoms with Crippen LogP contribution in [0.3, 0.4) is 0 Å². The first-order valence-corrected chi connectivity index (χ1v) is 9.85. The van der Waals surface area contributed by atoms with Gasteiger partial charge in [0.1, 0.15) is 6.20 Å². The second kappa shape index (κ2) is 7.51. The lowest BCUT2D eigenvalue weighted by atomic mass is 10.2. The van der Waals surface area contributed by atoms with Gasteiger partial charge in [0.25, 0.3) is 5.69 Å². The van der Waals surface area contributed by atoms with E-state index in [1.54, 1.807) is 17.4 Å². The standard InChI is InChI=1S/C17H19ClN6O2S/c1-12-15-8-13(24(25)26)9-19-17(15)23(20-12)11-22-6-4-21(5-7-22)10-14-2-3-16(18)27-14/h2-3,8-9H,4-7,10-11H2,1H3. The van der Waals surface area contributed by atoms with Gasteiger partial charge in [-0.3, -0.25) is 19.9 Å². The predicted octanol–water partition coefficient (Wildman–Crippen LogP) is 3.14. The van der Waals surface area contributed by atoms with Crippen molar-refractivity contribution in [3.63, 3.8) is 0 Å². The molecule has 8 nitrogen and oxygen atoms in total. The van der Waals surface area contributed by atoms with Crippen LogP contribution >= 0.6 is 22.9 Å². The first kappa shape index (κ1) is 18.3. The van der Waals surface area contributed by atoms with Crippen molar-refractivity contribution in [3.05, 3.63) is 49.4 Å². The van der Waals surface area contributed by atoms with Crippen LogP contribution in [0, 0.1) is 17.0 Å². The molecule has 4 heterocycles. The summed E-state index contributed by atoms with van der Waals surface area (Å²) in [5, 5.41) is 16.2. The van der Waals surface area contributed by atoms with Gasteiger partial charge in [-0.05, 0) is 19.1 Å². The first-order chi connectivity index (χ1) is 13.0. The fraction of sp³-hybridized carbons (Fsp3) is 0.412. The molecule has 1 aliphatic heterocycles. The molecule has 0 N–H and O–H groups in total. The van der Waals surface area contributed by atoms with E-state index >= 15 is 0 Å². The number of fused-ring (bicyclic) bond motifs is 1. The second-order valence-corrected chi connectivity index (χ2v) is 8.45. The number of aryl methyl sites for hydroxylation is 1. The van der Waals surface area contributed by atoms with Crippen LogP contribution in [0.1, 0.15) is 10.6 Å². The number of rotatable bonds is 5. The largest absolute Gasteiger partial charge is 0.296 e. The van der Waals surface area contributed by atoms with Gasteiger partial charge in [0.2, 0.25) is 0 Å². The summed E-state index contributed by atoms with van der Waals surface area (Å²) in [6, 6.07) is 5.58. The molecule has 3 aromatic heterocycles. The van der Waals surface area contributed by atoms with Crippen LogP contribution in [0.15, 0.2) is 24.4 Å². The van der Waals surface area contributed by atoms with Crippen LogP contribution in [0.2, 0.25) is 4.34 Å². The van der Waals surface area contributed by atoms with Gasteiger partial charge >= 0.3 is 0 Å². The number of aromatic nitrogens is 3. The molecule has 0 amide bonds. The van der Waals surface area contributed by atoms with E-state index in [1.165, 1.54) is 11.1 Å². The van der Waals surface area contributed by atoms with E-state index in [9.17, 15) is 10.1 Å². The lowest BCUT2D eigenvalue weighted by Crippen LogP contribution is -2.46. The Kier molecular flexibility index (Phi) is 5.09. The fourth-order valence-corrected chi connectivity index (χ4v) is 4.46. The highest BCUT2D eigenvalue weighted by molar-refractivity contribution is 7.16. The quantitative estimate of drug-likeness (QED) is 0.478. The van der Waals surface area contributed by atoms with E-state index in [2.05, 4.69) is 25.9 Å². The minimum absolute atomic E-state index is 0.00700. The van der Waals surface area contributed by atoms with Crippen molar-refractivity contribution in [3.8, 4) is 0 Å². The molecule has 4 rings (SSSR count). The molecule has 0 unspecified atom stereocenters. The molecule has 1 saturated heterocycles. The van der Waals surface area contributed by atoms with Gasteiger partial charge in [-0.25, -0.2) is 9.67 Å². The molecule has 0 bridgehead atoms. The summed E-state index contributed by atoms with van der Waals surface area (Å²) >= 11 is 7.64. The number of hydrogen-bond acceptors (Lipinski definition) is 7. The molecule has 0 aromatic carbocycles. The van der Waals surface area contributed by atoms with Gasteiger partial charge in [-0.1, -0.05) is 11.6 Å². The normalized spacial score (nSPS) is 16.2. The zero-order valence-electron chi connectivity index (χ0n) is 14.8. The maximum atomic E-state index is 11.0. The van der Waals surface area contributed by atoms with Crippen molar-refractivity contribution >= 4 is 39.7 Å². The summed E-state index contributed by atoms with van der Waals surface area (Å²) in [7, 11) is 0. The van der Waals surface area contributed by atoms with E-state index in [1.807, 2.05) is 17.7 Å². The van der Waals surface area contributed by atoms with Crippen molar-refractivity contribution in [2.75, 3.05) is 26.2 Å². The van der Waals surface area contributed by atoms with Crippen molar-refractivity contribution in [2.45, 2.75) is 20.1 Å². The Morgan fingerprint density at radius 2 is 2.00 bits per heavy atom. The summed E-state index contributed by atoms with van der Waals surface area (Å²) < 4.78 is 2.67. The third-order valence-electron chi connectivity index (χ3n) is 4.78. The summed E-state index contributed by atoms with van der Waals surface area (Å²) in [5.41, 5.74) is 1.44. The van der Waals surface area contributed by atoms with E-state index < -0.39 is 4.92 Å². The van der Waals surface area contributed by atoms with Crippen molar-refractivity contribution in [2.24, 2.45) is 0 Å². The summed E-state index contributed by atoms with van der Waals surface area (Å²) in [4.78, 5) is 20.8. The van der Waals surface area contributed by atoms with Gasteiger partial charge in [-0.2, -0.15) is 5.10 Å². The molecular weight excluding hydrogens is 388 g/mol. The molecular formula is C17H19ClN6O2S. The molecule has 0 spiro atoms. The Labute approximate surface area is 165 Å². The summed E-state index contributed by atoms with van der Waals surface area (Å²) in [6.45, 7) is 7.25. The molecule has 1 aliphatic rings. The van der Waals surface area contributed by atoms with E-state index in [4.69, 9.17) is 11.6 Å². The third-order valence-corrected chi connectivity index (χ3v) is 5.99. The molecule has 142 valence electrons. The van der Waals surface area contributed by atoms with Crippen molar-refractivity contribution in [1.29, 1.82) is 0 Å². The Bertz CT molecular complexity index is 979. The molecule has 0 atom stereocenters. The van der Waals surface area contributed by atoms with Crippen molar-refractivity contribution in [1.82, 2.24) is 24.6 Å². The Hall–Kier alpha value is -2.07. The van der Waals surface area contributed by atoms with Crippen molar-refractivity contribution < 1.29 is 4.92 Å². The minimum Gasteiger partial charge on any atom is -0.296 e. The van der Waals surface area contributed by atoms with Gasteiger partial charge in [0.05, 0.1) is 21.6 Å². The Morgan fingerprint density at radius 1 is 1.26 bits per heavy atom. The topological polar surface area (TPSA) is 80.3 Å². The number of thiophene rings is 1. The second-order valence-electron chi connectivity index (χ2n) is 6.65. The summed E-state index contributed by atoms with van der Waals surface area (Å²) in [6.07, 6.45) is 1.30. The first-order valence-electron chi connectivity index (χ1n) is 8.66. The monoisotopic (exact) mass is 406 g/mol. The minimum atomic E-state index is -0.427. The fourth-order valence-electron chi connectivity index (χ4n) is 3.33. The summed E-state index contributed by atoms with van der Waals surface area (Å²) in [5.74, 6) is 0. The van der Waals surface area contributed by atoms with Crippen LogP contribution in [-0.4, -0.2) is 55.7 Å². The highest BCUT2D eigenvalue weighted by Crippen LogP contribution is 2.24. The average molecular weight is 407 g/mol. The molecule has 10 heteroatoms. The number of nitrogens with zero attached hydrogens (tertiary/aromatic N) is 6. The van der Waals surface area contributed by atoms with Gasteiger partial charge in [0.15, 0.2) is 5.65 Å². The highest BCUT2D eigenvalue weighted by atomic mass is 35.5. The van der Waals surface area contributed by atoms with Crippen LogP contribution < -0.4 is 0 Å². The average Bonchev–Trinajstić information content (AvgIpc) is 3.19. The zero-order valence-corrected chi connectivity index (χ0v) is 16.4. The van der Waals surface area contributed by atoms with Gasteiger partial charge in [0, 0.05) is 49.1 Å². The maximum absolute atomic E-state index is 11.0. The molecule has 3 aromatic rings.